The molecule has 0 aliphatic heterocycles. The zero-order valence-corrected chi connectivity index (χ0v) is 20.2. The van der Waals surface area contributed by atoms with Crippen molar-refractivity contribution in [2.45, 2.75) is 59.8 Å². The van der Waals surface area contributed by atoms with Gasteiger partial charge in [-0.15, -0.1) is 13.2 Å². The van der Waals surface area contributed by atoms with Crippen LogP contribution in [0.25, 0.3) is 0 Å². The Hall–Kier alpha value is -2.39. The van der Waals surface area contributed by atoms with Crippen molar-refractivity contribution in [3.63, 3.8) is 0 Å². The summed E-state index contributed by atoms with van der Waals surface area (Å²) in [6.07, 6.45) is -9.91. The molecular formula is C21H20F7NO5S2. The molecule has 0 spiro atoms. The molecule has 1 fully saturated rings. The molecule has 0 saturated heterocycles. The van der Waals surface area contributed by atoms with Crippen LogP contribution >= 0.6 is 0 Å². The van der Waals surface area contributed by atoms with Gasteiger partial charge >= 0.3 is 12.5 Å². The summed E-state index contributed by atoms with van der Waals surface area (Å²) in [5, 5.41) is 0. The quantitative estimate of drug-likeness (QED) is 0.477. The molecule has 0 bridgehead atoms. The van der Waals surface area contributed by atoms with E-state index in [9.17, 15) is 47.6 Å². The van der Waals surface area contributed by atoms with Crippen molar-refractivity contribution in [1.29, 1.82) is 0 Å². The minimum atomic E-state index is -4.96. The summed E-state index contributed by atoms with van der Waals surface area (Å²) in [6, 6.07) is 3.72. The van der Waals surface area contributed by atoms with Crippen molar-refractivity contribution in [2.24, 2.45) is 5.92 Å². The van der Waals surface area contributed by atoms with Crippen molar-refractivity contribution in [2.75, 3.05) is 0 Å². The first-order chi connectivity index (χ1) is 16.2. The van der Waals surface area contributed by atoms with E-state index in [2.05, 4.69) is 9.46 Å². The molecule has 3 rings (SSSR count). The molecule has 0 atom stereocenters. The van der Waals surface area contributed by atoms with Gasteiger partial charge in [0, 0.05) is 6.04 Å². The molecule has 1 N–H and O–H groups in total. The number of sulfone groups is 1. The summed E-state index contributed by atoms with van der Waals surface area (Å²) in [5.41, 5.74) is -1.46. The number of hydrogen-bond acceptors (Lipinski definition) is 5. The van der Waals surface area contributed by atoms with Crippen LogP contribution in [0.4, 0.5) is 30.7 Å². The lowest BCUT2D eigenvalue weighted by molar-refractivity contribution is -0.274. The zero-order chi connectivity index (χ0) is 27.3. The van der Waals surface area contributed by atoms with Gasteiger partial charge in [0.1, 0.15) is 11.6 Å². The van der Waals surface area contributed by atoms with Crippen LogP contribution in [0.1, 0.15) is 32.3 Å². The van der Waals surface area contributed by atoms with E-state index in [1.807, 2.05) is 0 Å². The minimum Gasteiger partial charge on any atom is -0.406 e. The predicted molar refractivity (Wildman–Crippen MR) is 113 cm³/mol. The van der Waals surface area contributed by atoms with Crippen molar-refractivity contribution in [3.05, 3.63) is 53.8 Å². The van der Waals surface area contributed by atoms with E-state index >= 15 is 0 Å². The average molecular weight is 564 g/mol. The molecule has 1 aliphatic carbocycles. The van der Waals surface area contributed by atoms with E-state index in [1.54, 1.807) is 0 Å². The zero-order valence-electron chi connectivity index (χ0n) is 18.6. The number of rotatable bonds is 7. The molecule has 36 heavy (non-hydrogen) atoms. The van der Waals surface area contributed by atoms with E-state index in [0.29, 0.717) is 12.1 Å². The van der Waals surface area contributed by atoms with Gasteiger partial charge in [0.05, 0.1) is 20.1 Å². The Morgan fingerprint density at radius 3 is 1.92 bits per heavy atom. The standard InChI is InChI=1S/C21H20F7NO5S2/c1-19(2,35(30,31)18-10-13(20(23,24)25)7-14(22)11-18)12-8-15(9-12)29-36(32,33)17-5-3-16(4-6-17)34-21(26,27)28/h3-7,10-12,15,29H,8-9H2,1-2H3/t12-,15+. The molecule has 15 heteroatoms. The van der Waals surface area contributed by atoms with Gasteiger partial charge in [-0.25, -0.2) is 25.9 Å². The van der Waals surface area contributed by atoms with Gasteiger partial charge in [-0.3, -0.25) is 0 Å². The summed E-state index contributed by atoms with van der Waals surface area (Å²) < 4.78 is 145. The largest absolute Gasteiger partial charge is 0.573 e. The summed E-state index contributed by atoms with van der Waals surface area (Å²) in [7, 11) is -8.64. The highest BCUT2D eigenvalue weighted by molar-refractivity contribution is 7.92. The number of ether oxygens (including phenoxy) is 1. The monoisotopic (exact) mass is 563 g/mol. The molecule has 0 unspecified atom stereocenters. The second kappa shape index (κ2) is 9.17. The van der Waals surface area contributed by atoms with Gasteiger partial charge in [-0.1, -0.05) is 0 Å². The van der Waals surface area contributed by atoms with Crippen LogP contribution in [-0.2, 0) is 26.0 Å². The van der Waals surface area contributed by atoms with Gasteiger partial charge in [0.25, 0.3) is 0 Å². The van der Waals surface area contributed by atoms with Gasteiger partial charge in [-0.05, 0) is 75.1 Å². The summed E-state index contributed by atoms with van der Waals surface area (Å²) >= 11 is 0. The van der Waals surface area contributed by atoms with Gasteiger partial charge in [0.2, 0.25) is 10.0 Å². The van der Waals surface area contributed by atoms with E-state index < -0.39 is 71.1 Å². The maximum atomic E-state index is 13.8. The maximum absolute atomic E-state index is 13.8. The molecule has 6 nitrogen and oxygen atoms in total. The maximum Gasteiger partial charge on any atom is 0.573 e. The molecule has 2 aromatic rings. The molecule has 0 amide bonds. The van der Waals surface area contributed by atoms with Crippen LogP contribution in [0.5, 0.6) is 5.75 Å². The number of hydrogen-bond donors (Lipinski definition) is 1. The molecule has 0 aromatic heterocycles. The Morgan fingerprint density at radius 1 is 0.861 bits per heavy atom. The minimum absolute atomic E-state index is 0.00215. The van der Waals surface area contributed by atoms with E-state index in [0.717, 1.165) is 24.3 Å². The lowest BCUT2D eigenvalue weighted by atomic mass is 9.73. The fraction of sp³-hybridized carbons (Fsp3) is 0.429. The molecule has 2 aromatic carbocycles. The molecule has 0 heterocycles. The number of benzene rings is 2. The van der Waals surface area contributed by atoms with E-state index in [1.165, 1.54) is 13.8 Å². The van der Waals surface area contributed by atoms with Crippen LogP contribution in [0.3, 0.4) is 0 Å². The van der Waals surface area contributed by atoms with Crippen molar-refractivity contribution in [1.82, 2.24) is 4.72 Å². The highest BCUT2D eigenvalue weighted by Gasteiger charge is 2.49. The van der Waals surface area contributed by atoms with Crippen LogP contribution in [0.15, 0.2) is 52.3 Å². The molecule has 0 radical (unpaired) electrons. The van der Waals surface area contributed by atoms with Gasteiger partial charge < -0.3 is 4.74 Å². The van der Waals surface area contributed by atoms with Gasteiger partial charge in [-0.2, -0.15) is 13.2 Å². The Labute approximate surface area is 202 Å². The van der Waals surface area contributed by atoms with Crippen molar-refractivity contribution in [3.8, 4) is 5.75 Å². The normalized spacial score (nSPS) is 19.6. The number of sulfonamides is 1. The first-order valence-corrected chi connectivity index (χ1v) is 13.2. The Morgan fingerprint density at radius 2 is 1.42 bits per heavy atom. The smallest absolute Gasteiger partial charge is 0.406 e. The van der Waals surface area contributed by atoms with Crippen LogP contribution in [0, 0.1) is 11.7 Å². The lowest BCUT2D eigenvalue weighted by Crippen LogP contribution is -2.53. The number of nitrogens with one attached hydrogen (secondary N) is 1. The SMILES string of the molecule is CC(C)([C@H]1C[C@@H](NS(=O)(=O)c2ccc(OC(F)(F)F)cc2)C1)S(=O)(=O)c1cc(F)cc(C(F)(F)F)c1. The lowest BCUT2D eigenvalue weighted by Gasteiger charge is -2.44. The molecule has 200 valence electrons. The van der Waals surface area contributed by atoms with Crippen LogP contribution in [0.2, 0.25) is 0 Å². The topological polar surface area (TPSA) is 89.5 Å². The third kappa shape index (κ3) is 5.94. The summed E-state index contributed by atoms with van der Waals surface area (Å²) in [5.74, 6) is -2.68. The first kappa shape index (κ1) is 28.2. The van der Waals surface area contributed by atoms with E-state index in [4.69, 9.17) is 0 Å². The third-order valence-corrected chi connectivity index (χ3v) is 10.1. The Kier molecular flexibility index (Phi) is 7.18. The van der Waals surface area contributed by atoms with Gasteiger partial charge in [0.15, 0.2) is 9.84 Å². The second-order valence-electron chi connectivity index (χ2n) is 8.79. The van der Waals surface area contributed by atoms with Crippen molar-refractivity contribution < 1.29 is 52.3 Å². The number of halogens is 7. The summed E-state index contributed by atoms with van der Waals surface area (Å²) in [4.78, 5) is -1.20. The van der Waals surface area contributed by atoms with Crippen molar-refractivity contribution >= 4 is 19.9 Å². The highest BCUT2D eigenvalue weighted by atomic mass is 32.2. The summed E-state index contributed by atoms with van der Waals surface area (Å²) in [6.45, 7) is 2.52. The third-order valence-electron chi connectivity index (χ3n) is 6.01. The number of alkyl halides is 6. The molecule has 1 aliphatic rings. The van der Waals surface area contributed by atoms with Crippen LogP contribution < -0.4 is 9.46 Å². The second-order valence-corrected chi connectivity index (χ2v) is 13.0. The highest BCUT2D eigenvalue weighted by Crippen LogP contribution is 2.44. The average Bonchev–Trinajstić information content (AvgIpc) is 2.68. The predicted octanol–water partition coefficient (Wildman–Crippen LogP) is 5.05. The Bertz CT molecular complexity index is 1330. The first-order valence-electron chi connectivity index (χ1n) is 10.2. The fourth-order valence-electron chi connectivity index (χ4n) is 3.79. The van der Waals surface area contributed by atoms with E-state index in [-0.39, 0.29) is 23.8 Å². The molecule has 1 saturated carbocycles. The fourth-order valence-corrected chi connectivity index (χ4v) is 6.84. The molecular weight excluding hydrogens is 543 g/mol. The Balaban J connectivity index is 1.71. The van der Waals surface area contributed by atoms with Crippen LogP contribution in [-0.4, -0.2) is 34.0 Å².